The van der Waals surface area contributed by atoms with Gasteiger partial charge < -0.3 is 15.2 Å². The summed E-state index contributed by atoms with van der Waals surface area (Å²) < 4.78 is 26.0. The zero-order valence-corrected chi connectivity index (χ0v) is 21.8. The Hall–Kier alpha value is -1.04. The molecule has 0 aliphatic rings. The smallest absolute Gasteiger partial charge is 0.327 e. The minimum atomic E-state index is -0.728. The molecule has 7 nitrogen and oxygen atoms in total. The van der Waals surface area contributed by atoms with Gasteiger partial charge in [0, 0.05) is 12.8 Å². The highest BCUT2D eigenvalue weighted by molar-refractivity contribution is 7.17. The van der Waals surface area contributed by atoms with Crippen LogP contribution in [0.15, 0.2) is 0 Å². The molecule has 0 aromatic carbocycles. The van der Waals surface area contributed by atoms with E-state index in [-0.39, 0.29) is 25.2 Å². The Labute approximate surface area is 203 Å². The normalized spacial score (nSPS) is 12.1. The second-order valence-electron chi connectivity index (χ2n) is 8.76. The van der Waals surface area contributed by atoms with Crippen molar-refractivity contribution >= 4 is 20.6 Å². The fourth-order valence-electron chi connectivity index (χ4n) is 3.61. The van der Waals surface area contributed by atoms with Gasteiger partial charge >= 0.3 is 20.6 Å². The molecule has 0 heterocycles. The maximum atomic E-state index is 12.0. The lowest BCUT2D eigenvalue weighted by molar-refractivity contribution is -0.160. The lowest BCUT2D eigenvalue weighted by Crippen LogP contribution is -2.28. The molecule has 0 aliphatic carbocycles. The van der Waals surface area contributed by atoms with E-state index in [4.69, 9.17) is 19.7 Å². The molecule has 0 saturated heterocycles. The van der Waals surface area contributed by atoms with Crippen LogP contribution in [0.4, 0.5) is 0 Å². The van der Waals surface area contributed by atoms with Crippen molar-refractivity contribution in [2.45, 2.75) is 129 Å². The summed E-state index contributed by atoms with van der Waals surface area (Å²) in [5.41, 5.74) is 5.50. The van der Waals surface area contributed by atoms with E-state index >= 15 is 0 Å². The molecule has 0 aromatic heterocycles. The number of esters is 2. The quantitative estimate of drug-likeness (QED) is 0.0867. The zero-order chi connectivity index (χ0) is 24.4. The molecular formula is C25H48NO6P. The highest BCUT2D eigenvalue weighted by Gasteiger charge is 2.17. The molecule has 0 unspecified atom stereocenters. The highest BCUT2D eigenvalue weighted by Crippen LogP contribution is 2.13. The van der Waals surface area contributed by atoms with Gasteiger partial charge in [-0.3, -0.25) is 14.1 Å². The topological polar surface area (TPSA) is 105 Å². The molecule has 0 fully saturated rings. The average molecular weight is 490 g/mol. The third kappa shape index (κ3) is 23.9. The van der Waals surface area contributed by atoms with Crippen LogP contribution in [0.2, 0.25) is 0 Å². The zero-order valence-electron chi connectivity index (χ0n) is 20.9. The molecule has 0 saturated carbocycles. The van der Waals surface area contributed by atoms with Gasteiger partial charge in [0.2, 0.25) is 0 Å². The standard InChI is InChI=1S/C25H48NO6P/c1-2-3-4-12-16-19-25(28)32-23(22-31-33-29)21-30-24(27)18-15-13-10-8-6-5-7-9-11-14-17-20-26/h23H,2-22,26H2,1H3/t23-/m1/s1. The van der Waals surface area contributed by atoms with Crippen LogP contribution in [-0.4, -0.2) is 37.8 Å². The fourth-order valence-corrected chi connectivity index (χ4v) is 3.84. The molecule has 0 aromatic rings. The summed E-state index contributed by atoms with van der Waals surface area (Å²) in [6.07, 6.45) is 18.2. The SMILES string of the molecule is CCCCCCCC(=O)O[C@@H](COP=O)COC(=O)CCCCCCCCCCCCCN. The molecule has 0 radical (unpaired) electrons. The first-order valence-electron chi connectivity index (χ1n) is 13.1. The molecule has 0 aliphatic heterocycles. The summed E-state index contributed by atoms with van der Waals surface area (Å²) in [4.78, 5) is 24.0. The van der Waals surface area contributed by atoms with Crippen molar-refractivity contribution in [1.82, 2.24) is 0 Å². The first kappa shape index (κ1) is 32.0. The number of hydrogen-bond acceptors (Lipinski definition) is 7. The minimum absolute atomic E-state index is 0.0626. The molecule has 0 spiro atoms. The maximum absolute atomic E-state index is 12.0. The van der Waals surface area contributed by atoms with Crippen LogP contribution in [0.1, 0.15) is 122 Å². The number of unbranched alkanes of at least 4 members (excludes halogenated alkanes) is 14. The van der Waals surface area contributed by atoms with E-state index in [2.05, 4.69) is 6.92 Å². The van der Waals surface area contributed by atoms with E-state index in [0.717, 1.165) is 57.9 Å². The van der Waals surface area contributed by atoms with Crippen LogP contribution in [0, 0.1) is 0 Å². The number of hydrogen-bond donors (Lipinski definition) is 1. The van der Waals surface area contributed by atoms with E-state index < -0.39 is 14.8 Å². The second kappa shape index (κ2) is 25.6. The number of nitrogens with two attached hydrogens (primary N) is 1. The summed E-state index contributed by atoms with van der Waals surface area (Å²) in [6, 6.07) is 0. The Morgan fingerprint density at radius 3 is 1.70 bits per heavy atom. The fraction of sp³-hybridized carbons (Fsp3) is 0.920. The predicted molar refractivity (Wildman–Crippen MR) is 132 cm³/mol. The summed E-state index contributed by atoms with van der Waals surface area (Å²) >= 11 is 0. The van der Waals surface area contributed by atoms with E-state index in [1.54, 1.807) is 0 Å². The van der Waals surface area contributed by atoms with Crippen molar-refractivity contribution in [2.24, 2.45) is 5.73 Å². The average Bonchev–Trinajstić information content (AvgIpc) is 2.81. The van der Waals surface area contributed by atoms with E-state index in [1.165, 1.54) is 51.4 Å². The van der Waals surface area contributed by atoms with Crippen LogP contribution in [0.3, 0.4) is 0 Å². The van der Waals surface area contributed by atoms with Crippen LogP contribution < -0.4 is 5.73 Å². The Morgan fingerprint density at radius 2 is 1.18 bits per heavy atom. The van der Waals surface area contributed by atoms with Crippen molar-refractivity contribution in [1.29, 1.82) is 0 Å². The van der Waals surface area contributed by atoms with Gasteiger partial charge in [0.05, 0.1) is 0 Å². The summed E-state index contributed by atoms with van der Waals surface area (Å²) in [5.74, 6) is -0.637. The van der Waals surface area contributed by atoms with Crippen molar-refractivity contribution in [3.63, 3.8) is 0 Å². The number of carbonyl (C=O) groups excluding carboxylic acids is 2. The van der Waals surface area contributed by atoms with Crippen LogP contribution in [0.25, 0.3) is 0 Å². The Morgan fingerprint density at radius 1 is 0.697 bits per heavy atom. The largest absolute Gasteiger partial charge is 0.462 e. The lowest BCUT2D eigenvalue weighted by atomic mass is 10.1. The molecule has 0 bridgehead atoms. The first-order chi connectivity index (χ1) is 16.1. The number of carbonyl (C=O) groups is 2. The predicted octanol–water partition coefficient (Wildman–Crippen LogP) is 6.67. The van der Waals surface area contributed by atoms with Gasteiger partial charge in [0.15, 0.2) is 6.10 Å². The summed E-state index contributed by atoms with van der Waals surface area (Å²) in [5, 5.41) is 0. The van der Waals surface area contributed by atoms with Gasteiger partial charge in [-0.25, -0.2) is 4.57 Å². The van der Waals surface area contributed by atoms with E-state index in [0.29, 0.717) is 12.8 Å². The third-order valence-electron chi connectivity index (χ3n) is 5.61. The second-order valence-corrected chi connectivity index (χ2v) is 9.16. The van der Waals surface area contributed by atoms with Crippen LogP contribution in [0.5, 0.6) is 0 Å². The van der Waals surface area contributed by atoms with Crippen LogP contribution >= 0.6 is 8.69 Å². The van der Waals surface area contributed by atoms with Gasteiger partial charge in [0.25, 0.3) is 0 Å². The Kier molecular flexibility index (Phi) is 24.8. The highest BCUT2D eigenvalue weighted by atomic mass is 31.1. The van der Waals surface area contributed by atoms with Crippen molar-refractivity contribution in [3.8, 4) is 0 Å². The molecule has 2 N–H and O–H groups in total. The molecule has 1 atom stereocenters. The number of ether oxygens (including phenoxy) is 2. The molecule has 194 valence electrons. The lowest BCUT2D eigenvalue weighted by Gasteiger charge is -2.16. The molecular weight excluding hydrogens is 441 g/mol. The van der Waals surface area contributed by atoms with Gasteiger partial charge in [-0.05, 0) is 25.8 Å². The van der Waals surface area contributed by atoms with Crippen LogP contribution in [-0.2, 0) is 28.2 Å². The van der Waals surface area contributed by atoms with E-state index in [1.807, 2.05) is 0 Å². The van der Waals surface area contributed by atoms with Crippen molar-refractivity contribution in [2.75, 3.05) is 19.8 Å². The first-order valence-corrected chi connectivity index (χ1v) is 13.9. The molecule has 0 rings (SSSR count). The molecule has 0 amide bonds. The minimum Gasteiger partial charge on any atom is -0.462 e. The summed E-state index contributed by atoms with van der Waals surface area (Å²) in [7, 11) is -0.489. The molecule has 33 heavy (non-hydrogen) atoms. The van der Waals surface area contributed by atoms with Crippen molar-refractivity contribution < 1.29 is 28.2 Å². The maximum Gasteiger partial charge on any atom is 0.327 e. The van der Waals surface area contributed by atoms with Gasteiger partial charge in [-0.2, -0.15) is 0 Å². The van der Waals surface area contributed by atoms with Gasteiger partial charge in [-0.15, -0.1) is 0 Å². The molecule has 8 heteroatoms. The Balaban J connectivity index is 3.78. The van der Waals surface area contributed by atoms with Gasteiger partial charge in [0.1, 0.15) is 13.2 Å². The van der Waals surface area contributed by atoms with Gasteiger partial charge in [-0.1, -0.05) is 90.4 Å². The number of rotatable bonds is 25. The summed E-state index contributed by atoms with van der Waals surface area (Å²) in [6.45, 7) is 2.81. The monoisotopic (exact) mass is 489 g/mol. The third-order valence-corrected chi connectivity index (χ3v) is 5.87. The van der Waals surface area contributed by atoms with Crippen molar-refractivity contribution in [3.05, 3.63) is 0 Å². The van der Waals surface area contributed by atoms with E-state index in [9.17, 15) is 14.2 Å². The Bertz CT molecular complexity index is 478.